The number of aliphatic carboxylic acids is 1. The minimum absolute atomic E-state index is 0.0666. The summed E-state index contributed by atoms with van der Waals surface area (Å²) in [7, 11) is 0. The van der Waals surface area contributed by atoms with Gasteiger partial charge in [0.1, 0.15) is 17.3 Å². The molecule has 3 rings (SSSR count). The van der Waals surface area contributed by atoms with Crippen molar-refractivity contribution in [2.24, 2.45) is 5.92 Å². The molecule has 4 heteroatoms. The smallest absolute Gasteiger partial charge is 0.307 e. The molecule has 1 heterocycles. The summed E-state index contributed by atoms with van der Waals surface area (Å²) in [6.45, 7) is 0. The molecular weight excluding hydrogens is 235 g/mol. The fourth-order valence-electron chi connectivity index (χ4n) is 2.14. The van der Waals surface area contributed by atoms with E-state index in [1.165, 1.54) is 6.07 Å². The van der Waals surface area contributed by atoms with Gasteiger partial charge in [-0.05, 0) is 30.7 Å². The Morgan fingerprint density at radius 1 is 1.28 bits per heavy atom. The molecule has 92 valence electrons. The van der Waals surface area contributed by atoms with E-state index in [1.54, 1.807) is 30.3 Å². The molecule has 1 aliphatic rings. The summed E-state index contributed by atoms with van der Waals surface area (Å²) in [5, 5.41) is 8.85. The summed E-state index contributed by atoms with van der Waals surface area (Å²) >= 11 is 0. The zero-order chi connectivity index (χ0) is 12.7. The van der Waals surface area contributed by atoms with Gasteiger partial charge in [0.25, 0.3) is 0 Å². The maximum Gasteiger partial charge on any atom is 0.307 e. The second-order valence-corrected chi connectivity index (χ2v) is 4.47. The lowest BCUT2D eigenvalue weighted by atomic mass is 10.1. The predicted molar refractivity (Wildman–Crippen MR) is 62.6 cm³/mol. The minimum Gasteiger partial charge on any atom is -0.481 e. The standard InChI is InChI=1S/C14H11FO3/c15-11-4-2-1-3-8(11)12-5-6-13(18-12)9-7-10(9)14(16)17/h1-6,9-10H,7H2,(H,16,17)/t9-,10+/m1/s1. The van der Waals surface area contributed by atoms with Gasteiger partial charge in [-0.2, -0.15) is 0 Å². The Hall–Kier alpha value is -2.10. The highest BCUT2D eigenvalue weighted by Gasteiger charge is 2.46. The van der Waals surface area contributed by atoms with Gasteiger partial charge in [0.2, 0.25) is 0 Å². The average molecular weight is 246 g/mol. The van der Waals surface area contributed by atoms with Crippen LogP contribution in [0.1, 0.15) is 18.1 Å². The van der Waals surface area contributed by atoms with Gasteiger partial charge < -0.3 is 9.52 Å². The Bertz CT molecular complexity index is 603. The Balaban J connectivity index is 1.87. The van der Waals surface area contributed by atoms with E-state index in [0.717, 1.165) is 0 Å². The lowest BCUT2D eigenvalue weighted by Gasteiger charge is -1.98. The Morgan fingerprint density at radius 3 is 2.72 bits per heavy atom. The Morgan fingerprint density at radius 2 is 2.06 bits per heavy atom. The van der Waals surface area contributed by atoms with Crippen molar-refractivity contribution in [1.29, 1.82) is 0 Å². The average Bonchev–Trinajstić information content (AvgIpc) is 3.02. The summed E-state index contributed by atoms with van der Waals surface area (Å²) in [6.07, 6.45) is 0.597. The van der Waals surface area contributed by atoms with Crippen LogP contribution >= 0.6 is 0 Å². The SMILES string of the molecule is O=C(O)[C@H]1C[C@H]1c1ccc(-c2ccccc2F)o1. The van der Waals surface area contributed by atoms with Crippen LogP contribution in [0.15, 0.2) is 40.8 Å². The van der Waals surface area contributed by atoms with Crippen LogP contribution in [0, 0.1) is 11.7 Å². The van der Waals surface area contributed by atoms with Crippen LogP contribution in [-0.4, -0.2) is 11.1 Å². The van der Waals surface area contributed by atoms with E-state index in [1.807, 2.05) is 0 Å². The predicted octanol–water partition coefficient (Wildman–Crippen LogP) is 3.27. The summed E-state index contributed by atoms with van der Waals surface area (Å²) < 4.78 is 19.1. The van der Waals surface area contributed by atoms with Crippen molar-refractivity contribution in [3.63, 3.8) is 0 Å². The minimum atomic E-state index is -0.802. The fraction of sp³-hybridized carbons (Fsp3) is 0.214. The molecule has 0 amide bonds. The molecule has 0 aliphatic heterocycles. The van der Waals surface area contributed by atoms with Crippen LogP contribution in [0.2, 0.25) is 0 Å². The number of halogens is 1. The number of carboxylic acids is 1. The first-order valence-electron chi connectivity index (χ1n) is 5.74. The van der Waals surface area contributed by atoms with E-state index < -0.39 is 5.97 Å². The molecule has 0 saturated heterocycles. The Kier molecular flexibility index (Phi) is 2.44. The number of carboxylic acid groups (broad SMARTS) is 1. The second-order valence-electron chi connectivity index (χ2n) is 4.47. The zero-order valence-electron chi connectivity index (χ0n) is 9.47. The van der Waals surface area contributed by atoms with Gasteiger partial charge in [-0.3, -0.25) is 4.79 Å². The first kappa shape index (κ1) is 11.0. The van der Waals surface area contributed by atoms with Crippen molar-refractivity contribution in [2.45, 2.75) is 12.3 Å². The van der Waals surface area contributed by atoms with Gasteiger partial charge in [0.15, 0.2) is 0 Å². The third-order valence-corrected chi connectivity index (χ3v) is 3.24. The highest BCUT2D eigenvalue weighted by molar-refractivity contribution is 5.75. The summed E-state index contributed by atoms with van der Waals surface area (Å²) in [4.78, 5) is 10.8. The molecule has 1 N–H and O–H groups in total. The molecule has 0 unspecified atom stereocenters. The van der Waals surface area contributed by atoms with Crippen LogP contribution < -0.4 is 0 Å². The van der Waals surface area contributed by atoms with Crippen LogP contribution in [-0.2, 0) is 4.79 Å². The van der Waals surface area contributed by atoms with Crippen molar-refractivity contribution in [3.8, 4) is 11.3 Å². The first-order valence-corrected chi connectivity index (χ1v) is 5.74. The molecule has 1 aliphatic carbocycles. The van der Waals surface area contributed by atoms with Crippen LogP contribution in [0.25, 0.3) is 11.3 Å². The highest BCUT2D eigenvalue weighted by Crippen LogP contribution is 2.48. The van der Waals surface area contributed by atoms with Gasteiger partial charge in [-0.15, -0.1) is 0 Å². The van der Waals surface area contributed by atoms with Crippen LogP contribution in [0.4, 0.5) is 4.39 Å². The molecule has 1 aromatic carbocycles. The normalized spacial score (nSPS) is 21.8. The molecule has 1 fully saturated rings. The lowest BCUT2D eigenvalue weighted by molar-refractivity contribution is -0.138. The van der Waals surface area contributed by atoms with Gasteiger partial charge in [-0.1, -0.05) is 12.1 Å². The molecule has 0 radical (unpaired) electrons. The first-order chi connectivity index (χ1) is 8.66. The monoisotopic (exact) mass is 246 g/mol. The Labute approximate surface area is 103 Å². The maximum atomic E-state index is 13.6. The molecule has 2 atom stereocenters. The van der Waals surface area contributed by atoms with Gasteiger partial charge in [0, 0.05) is 5.92 Å². The van der Waals surface area contributed by atoms with Gasteiger partial charge in [0.05, 0.1) is 11.5 Å². The lowest BCUT2D eigenvalue weighted by Crippen LogP contribution is -1.98. The van der Waals surface area contributed by atoms with Crippen molar-refractivity contribution >= 4 is 5.97 Å². The van der Waals surface area contributed by atoms with Gasteiger partial charge in [-0.25, -0.2) is 4.39 Å². The molecule has 2 aromatic rings. The highest BCUT2D eigenvalue weighted by atomic mass is 19.1. The summed E-state index contributed by atoms with van der Waals surface area (Å²) in [5.74, 6) is -0.500. The van der Waals surface area contributed by atoms with E-state index in [4.69, 9.17) is 9.52 Å². The molecule has 1 aromatic heterocycles. The topological polar surface area (TPSA) is 50.4 Å². The van der Waals surface area contributed by atoms with Crippen molar-refractivity contribution in [3.05, 3.63) is 48.0 Å². The molecule has 3 nitrogen and oxygen atoms in total. The third-order valence-electron chi connectivity index (χ3n) is 3.24. The number of hydrogen-bond acceptors (Lipinski definition) is 2. The molecular formula is C14H11FO3. The van der Waals surface area contributed by atoms with Crippen molar-refractivity contribution in [2.75, 3.05) is 0 Å². The third kappa shape index (κ3) is 1.79. The number of carbonyl (C=O) groups is 1. The maximum absolute atomic E-state index is 13.6. The summed E-state index contributed by atoms with van der Waals surface area (Å²) in [5.41, 5.74) is 0.399. The van der Waals surface area contributed by atoms with Crippen LogP contribution in [0.5, 0.6) is 0 Å². The number of rotatable bonds is 3. The van der Waals surface area contributed by atoms with Crippen LogP contribution in [0.3, 0.4) is 0 Å². The van der Waals surface area contributed by atoms with E-state index >= 15 is 0 Å². The molecule has 0 spiro atoms. The number of benzene rings is 1. The quantitative estimate of drug-likeness (QED) is 0.904. The zero-order valence-corrected chi connectivity index (χ0v) is 9.47. The molecule has 1 saturated carbocycles. The van der Waals surface area contributed by atoms with Crippen molar-refractivity contribution < 1.29 is 18.7 Å². The van der Waals surface area contributed by atoms with E-state index in [9.17, 15) is 9.18 Å². The number of furan rings is 1. The molecule has 0 bridgehead atoms. The van der Waals surface area contributed by atoms with E-state index in [-0.39, 0.29) is 17.7 Å². The van der Waals surface area contributed by atoms with Gasteiger partial charge >= 0.3 is 5.97 Å². The van der Waals surface area contributed by atoms with E-state index in [0.29, 0.717) is 23.5 Å². The fourth-order valence-corrected chi connectivity index (χ4v) is 2.14. The molecule has 18 heavy (non-hydrogen) atoms. The number of hydrogen-bond donors (Lipinski definition) is 1. The van der Waals surface area contributed by atoms with Crippen molar-refractivity contribution in [1.82, 2.24) is 0 Å². The largest absolute Gasteiger partial charge is 0.481 e. The summed E-state index contributed by atoms with van der Waals surface area (Å²) in [6, 6.07) is 9.77. The van der Waals surface area contributed by atoms with E-state index in [2.05, 4.69) is 0 Å². The second kappa shape index (κ2) is 3.98.